The molecule has 0 atom stereocenters. The molecule has 2 aromatic rings. The molecule has 0 aliphatic carbocycles. The lowest BCUT2D eigenvalue weighted by Gasteiger charge is -2.13. The maximum Gasteiger partial charge on any atom is 0.224 e. The second-order valence-corrected chi connectivity index (χ2v) is 7.38. The van der Waals surface area contributed by atoms with Crippen LogP contribution in [0.15, 0.2) is 39.9 Å². The van der Waals surface area contributed by atoms with E-state index in [1.54, 1.807) is 25.4 Å². The number of benzene rings is 1. The first-order valence-electron chi connectivity index (χ1n) is 9.19. The summed E-state index contributed by atoms with van der Waals surface area (Å²) >= 11 is 0. The van der Waals surface area contributed by atoms with Crippen LogP contribution in [0.4, 0.5) is 4.39 Å². The highest BCUT2D eigenvalue weighted by molar-refractivity contribution is 5.80. The summed E-state index contributed by atoms with van der Waals surface area (Å²) in [7, 11) is 1.66. The quantitative estimate of drug-likeness (QED) is 0.383. The Hall–Kier alpha value is -2.90. The number of aromatic nitrogens is 1. The molecule has 3 N–H and O–H groups in total. The molecule has 2 rings (SSSR count). The monoisotopic (exact) mass is 389 g/mol. The summed E-state index contributed by atoms with van der Waals surface area (Å²) in [6, 6.07) is 6.03. The standard InChI is InChI=1S/C20H28FN5O2/c1-20(2,3)16-12-25-18(28-16)13-26-19(22-4)24-9-8-23-17(27)11-14-6-5-7-15(21)10-14/h5-7,10,12H,8-9,11,13H2,1-4H3,(H,23,27)(H2,22,24,26). The number of halogens is 1. The summed E-state index contributed by atoms with van der Waals surface area (Å²) in [6.45, 7) is 7.51. The molecule has 0 fully saturated rings. The van der Waals surface area contributed by atoms with Crippen molar-refractivity contribution in [3.63, 3.8) is 0 Å². The minimum absolute atomic E-state index is 0.0884. The lowest BCUT2D eigenvalue weighted by atomic mass is 9.94. The van der Waals surface area contributed by atoms with Crippen LogP contribution < -0.4 is 16.0 Å². The van der Waals surface area contributed by atoms with Crippen LogP contribution in [0.2, 0.25) is 0 Å². The first kappa shape index (κ1) is 21.4. The Balaban J connectivity index is 1.68. The molecule has 1 heterocycles. The van der Waals surface area contributed by atoms with Crippen LogP contribution >= 0.6 is 0 Å². The molecule has 1 amide bonds. The highest BCUT2D eigenvalue weighted by Crippen LogP contribution is 2.22. The fourth-order valence-electron chi connectivity index (χ4n) is 2.40. The number of hydrogen-bond acceptors (Lipinski definition) is 4. The van der Waals surface area contributed by atoms with Gasteiger partial charge in [0, 0.05) is 25.6 Å². The zero-order chi connectivity index (χ0) is 20.6. The van der Waals surface area contributed by atoms with Crippen LogP contribution in [-0.2, 0) is 23.2 Å². The van der Waals surface area contributed by atoms with Gasteiger partial charge in [-0.15, -0.1) is 0 Å². The summed E-state index contributed by atoms with van der Waals surface area (Å²) in [5.74, 6) is 1.48. The number of nitrogens with one attached hydrogen (secondary N) is 3. The zero-order valence-electron chi connectivity index (χ0n) is 16.8. The van der Waals surface area contributed by atoms with Crippen LogP contribution in [0.25, 0.3) is 0 Å². The molecule has 0 unspecified atom stereocenters. The van der Waals surface area contributed by atoms with Gasteiger partial charge < -0.3 is 20.4 Å². The molecule has 0 saturated carbocycles. The van der Waals surface area contributed by atoms with Crippen molar-refractivity contribution in [3.8, 4) is 0 Å². The zero-order valence-corrected chi connectivity index (χ0v) is 16.8. The molecule has 0 saturated heterocycles. The van der Waals surface area contributed by atoms with Gasteiger partial charge >= 0.3 is 0 Å². The molecule has 0 aliphatic rings. The van der Waals surface area contributed by atoms with E-state index in [1.165, 1.54) is 12.1 Å². The van der Waals surface area contributed by atoms with E-state index in [-0.39, 0.29) is 23.6 Å². The molecule has 152 valence electrons. The molecule has 8 heteroatoms. The maximum atomic E-state index is 13.1. The molecular formula is C20H28FN5O2. The SMILES string of the molecule is CN=C(NCCNC(=O)Cc1cccc(F)c1)NCc1ncc(C(C)(C)C)o1. The molecule has 1 aromatic heterocycles. The number of nitrogens with zero attached hydrogens (tertiary/aromatic N) is 2. The van der Waals surface area contributed by atoms with Gasteiger partial charge in [-0.05, 0) is 17.7 Å². The minimum atomic E-state index is -0.345. The first-order chi connectivity index (χ1) is 13.3. The van der Waals surface area contributed by atoms with Gasteiger partial charge in [-0.3, -0.25) is 9.79 Å². The lowest BCUT2D eigenvalue weighted by molar-refractivity contribution is -0.120. The van der Waals surface area contributed by atoms with E-state index < -0.39 is 0 Å². The van der Waals surface area contributed by atoms with E-state index in [9.17, 15) is 9.18 Å². The molecular weight excluding hydrogens is 361 g/mol. The second-order valence-electron chi connectivity index (χ2n) is 7.38. The van der Waals surface area contributed by atoms with E-state index in [2.05, 4.69) is 46.7 Å². The molecule has 1 aromatic carbocycles. The maximum absolute atomic E-state index is 13.1. The van der Waals surface area contributed by atoms with Gasteiger partial charge in [0.1, 0.15) is 11.6 Å². The Labute approximate surface area is 164 Å². The predicted octanol–water partition coefficient (Wildman–Crippen LogP) is 2.14. The van der Waals surface area contributed by atoms with Gasteiger partial charge in [-0.1, -0.05) is 32.9 Å². The fourth-order valence-corrected chi connectivity index (χ4v) is 2.40. The molecule has 0 aliphatic heterocycles. The Kier molecular flexibility index (Phi) is 7.54. The second kappa shape index (κ2) is 9.87. The van der Waals surface area contributed by atoms with E-state index in [0.717, 1.165) is 5.76 Å². The summed E-state index contributed by atoms with van der Waals surface area (Å²) in [4.78, 5) is 20.3. The normalized spacial score (nSPS) is 12.0. The van der Waals surface area contributed by atoms with Gasteiger partial charge in [0.05, 0.1) is 19.2 Å². The van der Waals surface area contributed by atoms with Crippen molar-refractivity contribution in [2.45, 2.75) is 39.2 Å². The number of aliphatic imine (C=N–C) groups is 1. The largest absolute Gasteiger partial charge is 0.443 e. The number of hydrogen-bond donors (Lipinski definition) is 3. The molecule has 28 heavy (non-hydrogen) atoms. The average molecular weight is 389 g/mol. The van der Waals surface area contributed by atoms with Crippen molar-refractivity contribution < 1.29 is 13.6 Å². The molecule has 7 nitrogen and oxygen atoms in total. The van der Waals surface area contributed by atoms with Gasteiger partial charge in [0.25, 0.3) is 0 Å². The van der Waals surface area contributed by atoms with Crippen molar-refractivity contribution in [3.05, 3.63) is 53.5 Å². The minimum Gasteiger partial charge on any atom is -0.443 e. The van der Waals surface area contributed by atoms with Gasteiger partial charge in [0.2, 0.25) is 11.8 Å². The smallest absolute Gasteiger partial charge is 0.224 e. The summed E-state index contributed by atoms with van der Waals surface area (Å²) in [5, 5.41) is 9.00. The van der Waals surface area contributed by atoms with Crippen LogP contribution in [0.5, 0.6) is 0 Å². The van der Waals surface area contributed by atoms with E-state index in [1.807, 2.05) is 0 Å². The Morgan fingerprint density at radius 2 is 1.96 bits per heavy atom. The number of guanidine groups is 1. The van der Waals surface area contributed by atoms with Gasteiger partial charge in [0.15, 0.2) is 5.96 Å². The number of oxazole rings is 1. The highest BCUT2D eigenvalue weighted by Gasteiger charge is 2.19. The van der Waals surface area contributed by atoms with E-state index in [0.29, 0.717) is 37.0 Å². The van der Waals surface area contributed by atoms with Gasteiger partial charge in [-0.25, -0.2) is 9.37 Å². The fraction of sp³-hybridized carbons (Fsp3) is 0.450. The lowest BCUT2D eigenvalue weighted by Crippen LogP contribution is -2.41. The number of carbonyl (C=O) groups is 1. The van der Waals surface area contributed by atoms with Crippen LogP contribution in [-0.4, -0.2) is 37.0 Å². The summed E-state index contributed by atoms with van der Waals surface area (Å²) < 4.78 is 18.9. The molecule has 0 bridgehead atoms. The van der Waals surface area contributed by atoms with E-state index >= 15 is 0 Å². The topological polar surface area (TPSA) is 91.5 Å². The Morgan fingerprint density at radius 1 is 1.21 bits per heavy atom. The van der Waals surface area contributed by atoms with E-state index in [4.69, 9.17) is 4.42 Å². The third-order valence-corrected chi connectivity index (χ3v) is 3.92. The predicted molar refractivity (Wildman–Crippen MR) is 107 cm³/mol. The van der Waals surface area contributed by atoms with Crippen LogP contribution in [0.1, 0.15) is 38.0 Å². The summed E-state index contributed by atoms with van der Waals surface area (Å²) in [6.07, 6.45) is 1.88. The van der Waals surface area contributed by atoms with Gasteiger partial charge in [-0.2, -0.15) is 0 Å². The Morgan fingerprint density at radius 3 is 2.61 bits per heavy atom. The number of rotatable bonds is 7. The van der Waals surface area contributed by atoms with Crippen molar-refractivity contribution in [1.29, 1.82) is 0 Å². The third kappa shape index (κ3) is 7.02. The first-order valence-corrected chi connectivity index (χ1v) is 9.19. The van der Waals surface area contributed by atoms with Crippen molar-refractivity contribution >= 4 is 11.9 Å². The van der Waals surface area contributed by atoms with Crippen LogP contribution in [0, 0.1) is 5.82 Å². The van der Waals surface area contributed by atoms with Crippen molar-refractivity contribution in [2.75, 3.05) is 20.1 Å². The Bertz CT molecular complexity index is 811. The molecule has 0 spiro atoms. The van der Waals surface area contributed by atoms with Crippen molar-refractivity contribution in [2.24, 2.45) is 4.99 Å². The average Bonchev–Trinajstić information content (AvgIpc) is 3.10. The number of carbonyl (C=O) groups excluding carboxylic acids is 1. The highest BCUT2D eigenvalue weighted by atomic mass is 19.1. The molecule has 0 radical (unpaired) electrons. The van der Waals surface area contributed by atoms with Crippen molar-refractivity contribution in [1.82, 2.24) is 20.9 Å². The summed E-state index contributed by atoms with van der Waals surface area (Å²) in [5.41, 5.74) is 0.554. The third-order valence-electron chi connectivity index (χ3n) is 3.92. The number of amides is 1. The van der Waals surface area contributed by atoms with Crippen LogP contribution in [0.3, 0.4) is 0 Å².